The summed E-state index contributed by atoms with van der Waals surface area (Å²) in [5.74, 6) is 0.592. The lowest BCUT2D eigenvalue weighted by Crippen LogP contribution is -2.33. The summed E-state index contributed by atoms with van der Waals surface area (Å²) in [5, 5.41) is 0. The highest BCUT2D eigenvalue weighted by Crippen LogP contribution is 2.36. The second kappa shape index (κ2) is 8.81. The summed E-state index contributed by atoms with van der Waals surface area (Å²) >= 11 is 0. The van der Waals surface area contributed by atoms with E-state index in [1.54, 1.807) is 12.2 Å². The number of sulfonamides is 1. The zero-order valence-corrected chi connectivity index (χ0v) is 17.4. The van der Waals surface area contributed by atoms with Crippen molar-refractivity contribution in [1.82, 2.24) is 4.31 Å². The normalized spacial score (nSPS) is 12.4. The first-order valence-electron chi connectivity index (χ1n) is 8.97. The minimum Gasteiger partial charge on any atom is -0.207 e. The van der Waals surface area contributed by atoms with Crippen LogP contribution in [0.3, 0.4) is 0 Å². The van der Waals surface area contributed by atoms with Crippen molar-refractivity contribution in [3.05, 3.63) is 54.1 Å². The van der Waals surface area contributed by atoms with E-state index in [1.807, 2.05) is 27.7 Å². The average molecular weight is 364 g/mol. The summed E-state index contributed by atoms with van der Waals surface area (Å²) < 4.78 is 28.4. The van der Waals surface area contributed by atoms with E-state index in [1.165, 1.54) is 9.87 Å². The lowest BCUT2D eigenvalue weighted by atomic mass is 9.89. The van der Waals surface area contributed by atoms with Gasteiger partial charge < -0.3 is 0 Å². The van der Waals surface area contributed by atoms with Crippen molar-refractivity contribution in [3.8, 4) is 0 Å². The van der Waals surface area contributed by atoms with Gasteiger partial charge in [0.05, 0.1) is 4.90 Å². The third-order valence-corrected chi connectivity index (χ3v) is 6.31. The van der Waals surface area contributed by atoms with Gasteiger partial charge in [0, 0.05) is 13.1 Å². The molecule has 1 aromatic carbocycles. The SMILES string of the molecule is C=CCN(CC=C)S(=O)(=O)c1c(C(C)C)cc(C(C)C)cc1C(C)C. The van der Waals surface area contributed by atoms with Crippen molar-refractivity contribution in [2.24, 2.45) is 0 Å². The first kappa shape index (κ1) is 21.7. The largest absolute Gasteiger partial charge is 0.244 e. The smallest absolute Gasteiger partial charge is 0.207 e. The molecule has 4 heteroatoms. The lowest BCUT2D eigenvalue weighted by molar-refractivity contribution is 0.471. The van der Waals surface area contributed by atoms with Crippen LogP contribution in [0.2, 0.25) is 0 Å². The van der Waals surface area contributed by atoms with E-state index in [4.69, 9.17) is 0 Å². The van der Waals surface area contributed by atoms with Gasteiger partial charge in [-0.3, -0.25) is 0 Å². The molecule has 0 saturated heterocycles. The minimum absolute atomic E-state index is 0.121. The molecule has 0 aliphatic carbocycles. The fourth-order valence-corrected chi connectivity index (χ4v) is 4.92. The topological polar surface area (TPSA) is 37.4 Å². The van der Waals surface area contributed by atoms with Crippen LogP contribution >= 0.6 is 0 Å². The van der Waals surface area contributed by atoms with Gasteiger partial charge >= 0.3 is 0 Å². The molecule has 0 atom stereocenters. The van der Waals surface area contributed by atoms with Crippen molar-refractivity contribution in [2.75, 3.05) is 13.1 Å². The van der Waals surface area contributed by atoms with Crippen LogP contribution in [0, 0.1) is 0 Å². The van der Waals surface area contributed by atoms with E-state index in [0.29, 0.717) is 10.8 Å². The van der Waals surface area contributed by atoms with Gasteiger partial charge in [-0.25, -0.2) is 8.42 Å². The van der Waals surface area contributed by atoms with Gasteiger partial charge in [0.25, 0.3) is 0 Å². The Morgan fingerprint density at radius 3 is 1.56 bits per heavy atom. The molecule has 0 aliphatic heterocycles. The Labute approximate surface area is 154 Å². The maximum absolute atomic E-state index is 13.5. The first-order chi connectivity index (χ1) is 11.6. The molecule has 1 aromatic rings. The highest BCUT2D eigenvalue weighted by molar-refractivity contribution is 7.89. The third kappa shape index (κ3) is 4.83. The van der Waals surface area contributed by atoms with E-state index in [-0.39, 0.29) is 24.9 Å². The van der Waals surface area contributed by atoms with E-state index in [9.17, 15) is 8.42 Å². The Bertz CT molecular complexity index is 676. The average Bonchev–Trinajstić information content (AvgIpc) is 2.52. The summed E-state index contributed by atoms with van der Waals surface area (Å²) in [6.07, 6.45) is 3.24. The molecule has 0 radical (unpaired) electrons. The summed E-state index contributed by atoms with van der Waals surface area (Å²) in [6.45, 7) is 20.4. The van der Waals surface area contributed by atoms with Crippen LogP contribution < -0.4 is 0 Å². The van der Waals surface area contributed by atoms with E-state index >= 15 is 0 Å². The van der Waals surface area contributed by atoms with Gasteiger partial charge in [-0.1, -0.05) is 65.8 Å². The molecule has 1 rings (SSSR count). The molecule has 0 N–H and O–H groups in total. The summed E-state index contributed by atoms with van der Waals surface area (Å²) in [7, 11) is -3.63. The van der Waals surface area contributed by atoms with Crippen molar-refractivity contribution in [3.63, 3.8) is 0 Å². The molecule has 25 heavy (non-hydrogen) atoms. The molecule has 0 aromatic heterocycles. The third-order valence-electron chi connectivity index (χ3n) is 4.34. The van der Waals surface area contributed by atoms with Crippen LogP contribution in [0.5, 0.6) is 0 Å². The Morgan fingerprint density at radius 2 is 1.28 bits per heavy atom. The predicted molar refractivity (Wildman–Crippen MR) is 108 cm³/mol. The van der Waals surface area contributed by atoms with Crippen LogP contribution in [-0.4, -0.2) is 25.8 Å². The monoisotopic (exact) mass is 363 g/mol. The molecule has 0 saturated carbocycles. The van der Waals surface area contributed by atoms with E-state index in [2.05, 4.69) is 39.1 Å². The number of nitrogens with zero attached hydrogens (tertiary/aromatic N) is 1. The van der Waals surface area contributed by atoms with Gasteiger partial charge in [-0.05, 0) is 34.4 Å². The molecule has 0 amide bonds. The Balaban J connectivity index is 3.81. The van der Waals surface area contributed by atoms with E-state index in [0.717, 1.165) is 11.1 Å². The van der Waals surface area contributed by atoms with Gasteiger partial charge in [0.1, 0.15) is 0 Å². The summed E-state index contributed by atoms with van der Waals surface area (Å²) in [5.41, 5.74) is 2.98. The van der Waals surface area contributed by atoms with Gasteiger partial charge in [0.2, 0.25) is 10.0 Å². The van der Waals surface area contributed by atoms with Crippen LogP contribution in [0.4, 0.5) is 0 Å². The second-order valence-electron chi connectivity index (χ2n) is 7.39. The Morgan fingerprint density at radius 1 is 0.880 bits per heavy atom. The lowest BCUT2D eigenvalue weighted by Gasteiger charge is -2.27. The fraction of sp³-hybridized carbons (Fsp3) is 0.524. The molecule has 3 nitrogen and oxygen atoms in total. The predicted octanol–water partition coefficient (Wildman–Crippen LogP) is 5.42. The van der Waals surface area contributed by atoms with Crippen LogP contribution in [0.25, 0.3) is 0 Å². The molecule has 140 valence electrons. The first-order valence-corrected chi connectivity index (χ1v) is 10.4. The maximum atomic E-state index is 13.5. The maximum Gasteiger partial charge on any atom is 0.244 e. The highest BCUT2D eigenvalue weighted by atomic mass is 32.2. The number of rotatable bonds is 9. The number of hydrogen-bond donors (Lipinski definition) is 0. The quantitative estimate of drug-likeness (QED) is 0.549. The molecular weight excluding hydrogens is 330 g/mol. The van der Waals surface area contributed by atoms with Crippen molar-refractivity contribution >= 4 is 10.0 Å². The standard InChI is InChI=1S/C21H33NO2S/c1-9-11-22(12-10-2)25(23,24)21-19(16(5)6)13-18(15(3)4)14-20(21)17(7)8/h9-10,13-17H,1-2,11-12H2,3-8H3. The molecule has 0 fully saturated rings. The van der Waals surface area contributed by atoms with Gasteiger partial charge in [0.15, 0.2) is 0 Å². The van der Waals surface area contributed by atoms with E-state index < -0.39 is 10.0 Å². The highest BCUT2D eigenvalue weighted by Gasteiger charge is 2.30. The molecule has 0 unspecified atom stereocenters. The Kier molecular flexibility index (Phi) is 7.63. The zero-order chi connectivity index (χ0) is 19.4. The molecule has 0 aliphatic rings. The van der Waals surface area contributed by atoms with Crippen molar-refractivity contribution in [1.29, 1.82) is 0 Å². The second-order valence-corrected chi connectivity index (χ2v) is 9.27. The molecule has 0 bridgehead atoms. The van der Waals surface area contributed by atoms with Crippen LogP contribution in [0.15, 0.2) is 42.3 Å². The fourth-order valence-electron chi connectivity index (χ4n) is 2.88. The van der Waals surface area contributed by atoms with Crippen LogP contribution in [0.1, 0.15) is 76.0 Å². The Hall–Kier alpha value is -1.39. The molecule has 0 heterocycles. The van der Waals surface area contributed by atoms with Gasteiger partial charge in [-0.2, -0.15) is 4.31 Å². The minimum atomic E-state index is -3.63. The number of hydrogen-bond acceptors (Lipinski definition) is 2. The van der Waals surface area contributed by atoms with Crippen molar-refractivity contribution < 1.29 is 8.42 Å². The summed E-state index contributed by atoms with van der Waals surface area (Å²) in [4.78, 5) is 0.464. The zero-order valence-electron chi connectivity index (χ0n) is 16.5. The van der Waals surface area contributed by atoms with Crippen LogP contribution in [-0.2, 0) is 10.0 Å². The molecular formula is C21H33NO2S. The molecule has 0 spiro atoms. The van der Waals surface area contributed by atoms with Crippen molar-refractivity contribution in [2.45, 2.75) is 64.2 Å². The van der Waals surface area contributed by atoms with Gasteiger partial charge in [-0.15, -0.1) is 13.2 Å². The summed E-state index contributed by atoms with van der Waals surface area (Å²) in [6, 6.07) is 4.13. The number of benzene rings is 1.